The summed E-state index contributed by atoms with van der Waals surface area (Å²) in [5, 5.41) is 2.69. The normalized spacial score (nSPS) is 10.6. The lowest BCUT2D eigenvalue weighted by Crippen LogP contribution is -2.22. The zero-order valence-corrected chi connectivity index (χ0v) is 14.4. The Bertz CT molecular complexity index is 702. The minimum absolute atomic E-state index is 0.348. The zero-order chi connectivity index (χ0) is 18.1. The highest BCUT2D eigenvalue weighted by Crippen LogP contribution is 2.17. The molecule has 1 aromatic carbocycles. The van der Waals surface area contributed by atoms with Crippen LogP contribution in [0.3, 0.4) is 0 Å². The third-order valence-corrected chi connectivity index (χ3v) is 3.55. The van der Waals surface area contributed by atoms with Crippen molar-refractivity contribution < 1.29 is 18.7 Å². The van der Waals surface area contributed by atoms with Crippen LogP contribution in [0.15, 0.2) is 53.2 Å². The molecule has 0 saturated carbocycles. The van der Waals surface area contributed by atoms with Gasteiger partial charge in [0.1, 0.15) is 5.76 Å². The molecule has 2 rings (SSSR count). The molecular weight excluding hydrogens is 320 g/mol. The van der Waals surface area contributed by atoms with Gasteiger partial charge in [-0.05, 0) is 56.3 Å². The molecule has 6 heteroatoms. The molecular formula is C19H22N2O4. The second-order valence-electron chi connectivity index (χ2n) is 5.22. The van der Waals surface area contributed by atoms with Crippen LogP contribution in [0.5, 0.6) is 0 Å². The van der Waals surface area contributed by atoms with Crippen LogP contribution in [0.1, 0.15) is 19.6 Å². The molecule has 6 nitrogen and oxygen atoms in total. The number of nitrogens with one attached hydrogen (secondary N) is 1. The quantitative estimate of drug-likeness (QED) is 0.588. The van der Waals surface area contributed by atoms with Crippen LogP contribution in [0.2, 0.25) is 0 Å². The van der Waals surface area contributed by atoms with Crippen LogP contribution < -0.4 is 10.2 Å². The maximum atomic E-state index is 11.8. The number of rotatable bonds is 8. The number of carbonyl (C=O) groups is 2. The summed E-state index contributed by atoms with van der Waals surface area (Å²) < 4.78 is 9.94. The van der Waals surface area contributed by atoms with Gasteiger partial charge in [0, 0.05) is 30.5 Å². The number of hydrogen-bond acceptors (Lipinski definition) is 5. The Balaban J connectivity index is 1.79. The number of benzene rings is 1. The summed E-state index contributed by atoms with van der Waals surface area (Å²) in [5.41, 5.74) is 1.75. The molecule has 0 radical (unpaired) electrons. The van der Waals surface area contributed by atoms with Crippen molar-refractivity contribution in [3.63, 3.8) is 0 Å². The summed E-state index contributed by atoms with van der Waals surface area (Å²) in [5.74, 6) is -0.464. The lowest BCUT2D eigenvalue weighted by atomic mass is 10.2. The largest absolute Gasteiger partial charge is 0.465 e. The average Bonchev–Trinajstić information content (AvgIpc) is 3.14. The Morgan fingerprint density at radius 3 is 2.48 bits per heavy atom. The molecule has 1 N–H and O–H groups in total. The molecule has 0 spiro atoms. The molecule has 0 atom stereocenters. The maximum absolute atomic E-state index is 11.8. The molecule has 0 aliphatic carbocycles. The summed E-state index contributed by atoms with van der Waals surface area (Å²) in [4.78, 5) is 25.6. The summed E-state index contributed by atoms with van der Waals surface area (Å²) in [6.45, 7) is 5.67. The van der Waals surface area contributed by atoms with E-state index in [0.717, 1.165) is 18.8 Å². The van der Waals surface area contributed by atoms with E-state index in [0.29, 0.717) is 11.4 Å². The van der Waals surface area contributed by atoms with Crippen LogP contribution >= 0.6 is 0 Å². The van der Waals surface area contributed by atoms with Crippen molar-refractivity contribution in [3.05, 3.63) is 54.5 Å². The van der Waals surface area contributed by atoms with Crippen LogP contribution in [0, 0.1) is 0 Å². The zero-order valence-electron chi connectivity index (χ0n) is 14.4. The molecule has 0 aliphatic heterocycles. The molecule has 0 fully saturated rings. The van der Waals surface area contributed by atoms with Crippen molar-refractivity contribution in [2.75, 3.05) is 29.9 Å². The molecule has 132 valence electrons. The van der Waals surface area contributed by atoms with Crippen molar-refractivity contribution in [1.82, 2.24) is 0 Å². The van der Waals surface area contributed by atoms with Crippen LogP contribution in [-0.2, 0) is 14.3 Å². The van der Waals surface area contributed by atoms with Gasteiger partial charge in [0.2, 0.25) is 0 Å². The first-order chi connectivity index (χ1) is 12.1. The Kier molecular flexibility index (Phi) is 6.83. The topological polar surface area (TPSA) is 71.8 Å². The minimum Gasteiger partial charge on any atom is -0.465 e. The monoisotopic (exact) mass is 342 g/mol. The third-order valence-electron chi connectivity index (χ3n) is 3.55. The van der Waals surface area contributed by atoms with Gasteiger partial charge >= 0.3 is 5.97 Å². The first-order valence-corrected chi connectivity index (χ1v) is 8.15. The standard InChI is InChI=1S/C19H22N2O4/c1-3-21(4-2)16-9-7-15(8-10-16)20-18(22)14-25-19(23)12-11-17-6-5-13-24-17/h5-13H,3-4,14H2,1-2H3,(H,20,22). The van der Waals surface area contributed by atoms with E-state index in [1.165, 1.54) is 18.4 Å². The van der Waals surface area contributed by atoms with E-state index in [1.807, 2.05) is 24.3 Å². The number of ether oxygens (including phenoxy) is 1. The molecule has 2 aromatic rings. The van der Waals surface area contributed by atoms with Gasteiger partial charge in [0.25, 0.3) is 5.91 Å². The number of esters is 1. The molecule has 1 heterocycles. The van der Waals surface area contributed by atoms with Crippen molar-refractivity contribution in [3.8, 4) is 0 Å². The third kappa shape index (κ3) is 5.84. The highest BCUT2D eigenvalue weighted by Gasteiger charge is 2.07. The van der Waals surface area contributed by atoms with E-state index >= 15 is 0 Å². The lowest BCUT2D eigenvalue weighted by Gasteiger charge is -2.21. The predicted molar refractivity (Wildman–Crippen MR) is 97.3 cm³/mol. The van der Waals surface area contributed by atoms with Crippen LogP contribution in [0.25, 0.3) is 6.08 Å². The van der Waals surface area contributed by atoms with E-state index in [1.54, 1.807) is 12.1 Å². The molecule has 25 heavy (non-hydrogen) atoms. The average molecular weight is 342 g/mol. The molecule has 0 bridgehead atoms. The van der Waals surface area contributed by atoms with E-state index in [2.05, 4.69) is 24.1 Å². The number of anilines is 2. The first-order valence-electron chi connectivity index (χ1n) is 8.15. The van der Waals surface area contributed by atoms with Crippen molar-refractivity contribution >= 4 is 29.3 Å². The number of amides is 1. The summed E-state index contributed by atoms with van der Waals surface area (Å²) in [6.07, 6.45) is 4.20. The van der Waals surface area contributed by atoms with Gasteiger partial charge in [0.05, 0.1) is 6.26 Å². The van der Waals surface area contributed by atoms with E-state index < -0.39 is 11.9 Å². The van der Waals surface area contributed by atoms with Crippen LogP contribution in [0.4, 0.5) is 11.4 Å². The fraction of sp³-hybridized carbons (Fsp3) is 0.263. The smallest absolute Gasteiger partial charge is 0.331 e. The Morgan fingerprint density at radius 1 is 1.16 bits per heavy atom. The van der Waals surface area contributed by atoms with Gasteiger partial charge in [0.15, 0.2) is 6.61 Å². The fourth-order valence-electron chi connectivity index (χ4n) is 2.26. The van der Waals surface area contributed by atoms with Gasteiger partial charge in [-0.15, -0.1) is 0 Å². The number of furan rings is 1. The van der Waals surface area contributed by atoms with Crippen molar-refractivity contribution in [1.29, 1.82) is 0 Å². The fourth-order valence-corrected chi connectivity index (χ4v) is 2.26. The lowest BCUT2D eigenvalue weighted by molar-refractivity contribution is -0.142. The molecule has 0 aliphatic rings. The Labute approximate surface area is 147 Å². The van der Waals surface area contributed by atoms with Gasteiger partial charge in [-0.25, -0.2) is 4.79 Å². The summed E-state index contributed by atoms with van der Waals surface area (Å²) >= 11 is 0. The molecule has 0 saturated heterocycles. The minimum atomic E-state index is -0.608. The van der Waals surface area contributed by atoms with Gasteiger partial charge in [-0.1, -0.05) is 0 Å². The number of carbonyl (C=O) groups excluding carboxylic acids is 2. The second kappa shape index (κ2) is 9.32. The van der Waals surface area contributed by atoms with Crippen molar-refractivity contribution in [2.45, 2.75) is 13.8 Å². The summed E-state index contributed by atoms with van der Waals surface area (Å²) in [6, 6.07) is 11.0. The van der Waals surface area contributed by atoms with Gasteiger partial charge in [-0.2, -0.15) is 0 Å². The highest BCUT2D eigenvalue weighted by molar-refractivity contribution is 5.94. The highest BCUT2D eigenvalue weighted by atomic mass is 16.5. The van der Waals surface area contributed by atoms with E-state index in [9.17, 15) is 9.59 Å². The predicted octanol–water partition coefficient (Wildman–Crippen LogP) is 3.32. The SMILES string of the molecule is CCN(CC)c1ccc(NC(=O)COC(=O)C=Cc2ccco2)cc1. The van der Waals surface area contributed by atoms with Crippen LogP contribution in [-0.4, -0.2) is 31.6 Å². The van der Waals surface area contributed by atoms with Gasteiger partial charge < -0.3 is 19.4 Å². The second-order valence-corrected chi connectivity index (χ2v) is 5.22. The number of nitrogens with zero attached hydrogens (tertiary/aromatic N) is 1. The summed E-state index contributed by atoms with van der Waals surface area (Å²) in [7, 11) is 0. The van der Waals surface area contributed by atoms with Gasteiger partial charge in [-0.3, -0.25) is 4.79 Å². The molecule has 1 amide bonds. The molecule has 0 unspecified atom stereocenters. The van der Waals surface area contributed by atoms with Crippen molar-refractivity contribution in [2.24, 2.45) is 0 Å². The number of hydrogen-bond donors (Lipinski definition) is 1. The maximum Gasteiger partial charge on any atom is 0.331 e. The first kappa shape index (κ1) is 18.3. The Hall–Kier alpha value is -3.02. The van der Waals surface area contributed by atoms with E-state index in [-0.39, 0.29) is 6.61 Å². The molecule has 1 aromatic heterocycles. The Morgan fingerprint density at radius 2 is 1.88 bits per heavy atom. The van der Waals surface area contributed by atoms with E-state index in [4.69, 9.17) is 9.15 Å².